The van der Waals surface area contributed by atoms with Crippen LogP contribution in [0.4, 0.5) is 5.69 Å². The average molecular weight is 472 g/mol. The van der Waals surface area contributed by atoms with Crippen LogP contribution in [0.2, 0.25) is 0 Å². The maximum atomic E-state index is 13.4. The number of benzene rings is 3. The molecule has 1 amide bonds. The molecule has 0 radical (unpaired) electrons. The smallest absolute Gasteiger partial charge is 0.300 e. The second-order valence-electron chi connectivity index (χ2n) is 8.40. The number of carbonyl (C=O) groups is 2. The second-order valence-corrected chi connectivity index (χ2v) is 8.40. The zero-order valence-corrected chi connectivity index (χ0v) is 20.4. The molecule has 1 saturated heterocycles. The van der Waals surface area contributed by atoms with Gasteiger partial charge in [-0.15, -0.1) is 0 Å². The number of hydrogen-bond acceptors (Lipinski definition) is 5. The highest BCUT2D eigenvalue weighted by Gasteiger charge is 2.47. The number of rotatable bonds is 7. The van der Waals surface area contributed by atoms with E-state index >= 15 is 0 Å². The van der Waals surface area contributed by atoms with Crippen molar-refractivity contribution >= 4 is 23.1 Å². The van der Waals surface area contributed by atoms with Crippen LogP contribution >= 0.6 is 0 Å². The molecule has 1 heterocycles. The minimum absolute atomic E-state index is 0.0456. The molecule has 1 aliphatic rings. The van der Waals surface area contributed by atoms with Crippen LogP contribution in [-0.2, 0) is 9.59 Å². The molecule has 0 aliphatic carbocycles. The molecule has 6 nitrogen and oxygen atoms in total. The summed E-state index contributed by atoms with van der Waals surface area (Å²) >= 11 is 0. The highest BCUT2D eigenvalue weighted by atomic mass is 16.5. The van der Waals surface area contributed by atoms with Crippen molar-refractivity contribution in [3.05, 3.63) is 94.6 Å². The molecule has 35 heavy (non-hydrogen) atoms. The fraction of sp³-hybridized carbons (Fsp3) is 0.241. The van der Waals surface area contributed by atoms with E-state index in [1.54, 1.807) is 42.5 Å². The summed E-state index contributed by atoms with van der Waals surface area (Å²) in [5.41, 5.74) is 3.77. The van der Waals surface area contributed by atoms with Crippen LogP contribution in [-0.4, -0.2) is 30.0 Å². The standard InChI is InChI=1S/C29H29NO5/c1-5-34-23-14-12-20(13-15-23)26-25(27(31)21-11-10-18(3)19(4)16-21)28(32)29(33)30(26)22-8-7-9-24(17-22)35-6-2/h7-17,26,31H,5-6H2,1-4H3/b27-25+. The van der Waals surface area contributed by atoms with Gasteiger partial charge in [0.25, 0.3) is 11.7 Å². The molecule has 1 aliphatic heterocycles. The van der Waals surface area contributed by atoms with Crippen molar-refractivity contribution < 1.29 is 24.2 Å². The monoisotopic (exact) mass is 471 g/mol. The number of nitrogens with zero attached hydrogens (tertiary/aromatic N) is 1. The Balaban J connectivity index is 1.90. The Labute approximate surface area is 205 Å². The average Bonchev–Trinajstić information content (AvgIpc) is 3.12. The van der Waals surface area contributed by atoms with Crippen LogP contribution in [0.25, 0.3) is 5.76 Å². The van der Waals surface area contributed by atoms with Gasteiger partial charge < -0.3 is 14.6 Å². The SMILES string of the molecule is CCOc1ccc(C2/C(=C(\O)c3ccc(C)c(C)c3)C(=O)C(=O)N2c2cccc(OCC)c2)cc1. The number of aliphatic hydroxyl groups is 1. The minimum Gasteiger partial charge on any atom is -0.507 e. The summed E-state index contributed by atoms with van der Waals surface area (Å²) in [6.45, 7) is 8.68. The van der Waals surface area contributed by atoms with Crippen LogP contribution in [0.5, 0.6) is 11.5 Å². The zero-order valence-electron chi connectivity index (χ0n) is 20.4. The molecule has 0 spiro atoms. The van der Waals surface area contributed by atoms with Crippen molar-refractivity contribution in [1.29, 1.82) is 0 Å². The molecule has 4 rings (SSSR count). The maximum absolute atomic E-state index is 13.4. The Morgan fingerprint density at radius 3 is 2.20 bits per heavy atom. The first kappa shape index (κ1) is 24.1. The molecule has 0 saturated carbocycles. The topological polar surface area (TPSA) is 76.1 Å². The van der Waals surface area contributed by atoms with E-state index in [9.17, 15) is 14.7 Å². The Kier molecular flexibility index (Phi) is 6.92. The minimum atomic E-state index is -0.816. The number of amides is 1. The van der Waals surface area contributed by atoms with Gasteiger partial charge in [-0.3, -0.25) is 14.5 Å². The van der Waals surface area contributed by atoms with E-state index in [1.807, 2.05) is 52.0 Å². The summed E-state index contributed by atoms with van der Waals surface area (Å²) in [7, 11) is 0. The van der Waals surface area contributed by atoms with Crippen molar-refractivity contribution in [1.82, 2.24) is 0 Å². The molecular weight excluding hydrogens is 442 g/mol. The van der Waals surface area contributed by atoms with E-state index in [1.165, 1.54) is 4.90 Å². The van der Waals surface area contributed by atoms with E-state index < -0.39 is 17.7 Å². The Hall–Kier alpha value is -4.06. The summed E-state index contributed by atoms with van der Waals surface area (Å²) in [6, 6.07) is 18.9. The predicted molar refractivity (Wildman–Crippen MR) is 136 cm³/mol. The number of ether oxygens (including phenoxy) is 2. The molecular formula is C29H29NO5. The van der Waals surface area contributed by atoms with Crippen molar-refractivity contribution in [2.45, 2.75) is 33.7 Å². The first-order chi connectivity index (χ1) is 16.8. The van der Waals surface area contributed by atoms with Crippen molar-refractivity contribution in [3.63, 3.8) is 0 Å². The van der Waals surface area contributed by atoms with Gasteiger partial charge in [0, 0.05) is 17.3 Å². The highest BCUT2D eigenvalue weighted by Crippen LogP contribution is 2.43. The number of hydrogen-bond donors (Lipinski definition) is 1. The quantitative estimate of drug-likeness (QED) is 0.271. The van der Waals surface area contributed by atoms with E-state index in [-0.39, 0.29) is 11.3 Å². The fourth-order valence-corrected chi connectivity index (χ4v) is 4.26. The molecule has 180 valence electrons. The van der Waals surface area contributed by atoms with Gasteiger partial charge in [-0.2, -0.15) is 0 Å². The molecule has 1 atom stereocenters. The Morgan fingerprint density at radius 2 is 1.54 bits per heavy atom. The number of aryl methyl sites for hydroxylation is 2. The van der Waals surface area contributed by atoms with Crippen molar-refractivity contribution in [3.8, 4) is 11.5 Å². The number of anilines is 1. The van der Waals surface area contributed by atoms with Gasteiger partial charge >= 0.3 is 0 Å². The molecule has 0 bridgehead atoms. The Bertz CT molecular complexity index is 1290. The number of carbonyl (C=O) groups excluding carboxylic acids is 2. The summed E-state index contributed by atoms with van der Waals surface area (Å²) < 4.78 is 11.2. The molecule has 0 aromatic heterocycles. The first-order valence-corrected chi connectivity index (χ1v) is 11.7. The number of Topliss-reactive ketones (excluding diaryl/α,β-unsaturated/α-hetero) is 1. The van der Waals surface area contributed by atoms with Crippen molar-refractivity contribution in [2.75, 3.05) is 18.1 Å². The van der Waals surface area contributed by atoms with Crippen LogP contribution < -0.4 is 14.4 Å². The van der Waals surface area contributed by atoms with E-state index in [4.69, 9.17) is 9.47 Å². The lowest BCUT2D eigenvalue weighted by Crippen LogP contribution is -2.29. The predicted octanol–water partition coefficient (Wildman–Crippen LogP) is 5.73. The lowest BCUT2D eigenvalue weighted by molar-refractivity contribution is -0.132. The summed E-state index contributed by atoms with van der Waals surface area (Å²) in [5, 5.41) is 11.3. The third-order valence-electron chi connectivity index (χ3n) is 6.14. The lowest BCUT2D eigenvalue weighted by Gasteiger charge is -2.26. The van der Waals surface area contributed by atoms with Crippen LogP contribution in [0.1, 0.15) is 42.1 Å². The zero-order chi connectivity index (χ0) is 25.1. The third kappa shape index (κ3) is 4.64. The number of aliphatic hydroxyl groups excluding tert-OH is 1. The lowest BCUT2D eigenvalue weighted by atomic mass is 9.94. The van der Waals surface area contributed by atoms with Crippen LogP contribution in [0, 0.1) is 13.8 Å². The van der Waals surface area contributed by atoms with E-state index in [2.05, 4.69) is 0 Å². The summed E-state index contributed by atoms with van der Waals surface area (Å²) in [5.74, 6) is -0.370. The fourth-order valence-electron chi connectivity index (χ4n) is 4.26. The summed E-state index contributed by atoms with van der Waals surface area (Å²) in [4.78, 5) is 28.1. The summed E-state index contributed by atoms with van der Waals surface area (Å²) in [6.07, 6.45) is 0. The molecule has 1 unspecified atom stereocenters. The van der Waals surface area contributed by atoms with Crippen molar-refractivity contribution in [2.24, 2.45) is 0 Å². The molecule has 1 N–H and O–H groups in total. The molecule has 3 aromatic carbocycles. The van der Waals surface area contributed by atoms with Gasteiger partial charge in [0.2, 0.25) is 0 Å². The normalized spacial score (nSPS) is 17.0. The van der Waals surface area contributed by atoms with E-state index in [0.717, 1.165) is 11.1 Å². The highest BCUT2D eigenvalue weighted by molar-refractivity contribution is 6.51. The van der Waals surface area contributed by atoms with Gasteiger partial charge in [0.1, 0.15) is 17.3 Å². The molecule has 3 aromatic rings. The second kappa shape index (κ2) is 10.1. The molecule has 1 fully saturated rings. The Morgan fingerprint density at radius 1 is 0.857 bits per heavy atom. The number of ketones is 1. The van der Waals surface area contributed by atoms with Gasteiger partial charge in [-0.1, -0.05) is 30.3 Å². The van der Waals surface area contributed by atoms with E-state index in [0.29, 0.717) is 41.5 Å². The largest absolute Gasteiger partial charge is 0.507 e. The maximum Gasteiger partial charge on any atom is 0.300 e. The first-order valence-electron chi connectivity index (χ1n) is 11.7. The van der Waals surface area contributed by atoms with Gasteiger partial charge in [0.15, 0.2) is 0 Å². The van der Waals surface area contributed by atoms with Crippen LogP contribution in [0.3, 0.4) is 0 Å². The van der Waals surface area contributed by atoms with Gasteiger partial charge in [0.05, 0.1) is 24.8 Å². The van der Waals surface area contributed by atoms with Gasteiger partial charge in [-0.25, -0.2) is 0 Å². The van der Waals surface area contributed by atoms with Crippen LogP contribution in [0.15, 0.2) is 72.3 Å². The third-order valence-corrected chi connectivity index (χ3v) is 6.14. The molecule has 6 heteroatoms. The van der Waals surface area contributed by atoms with Gasteiger partial charge in [-0.05, 0) is 74.7 Å².